The molecule has 1 N–H and O–H groups in total. The summed E-state index contributed by atoms with van der Waals surface area (Å²) in [5.74, 6) is -0.751. The largest absolute Gasteiger partial charge is 0.308 e. The quantitative estimate of drug-likeness (QED) is 0.356. The number of carbonyl (C=O) groups is 2. The van der Waals surface area contributed by atoms with E-state index in [-0.39, 0.29) is 17.3 Å². The van der Waals surface area contributed by atoms with Gasteiger partial charge < -0.3 is 4.90 Å². The summed E-state index contributed by atoms with van der Waals surface area (Å²) in [5.41, 5.74) is 0.975. The van der Waals surface area contributed by atoms with Gasteiger partial charge in [-0.05, 0) is 56.7 Å². The van der Waals surface area contributed by atoms with Crippen molar-refractivity contribution in [2.45, 2.75) is 43.9 Å². The predicted octanol–water partition coefficient (Wildman–Crippen LogP) is 4.41. The van der Waals surface area contributed by atoms with Crippen LogP contribution in [0.3, 0.4) is 0 Å². The van der Waals surface area contributed by atoms with E-state index in [1.807, 2.05) is 0 Å². The minimum Gasteiger partial charge on any atom is -0.308 e. The van der Waals surface area contributed by atoms with Crippen molar-refractivity contribution in [3.05, 3.63) is 69.7 Å². The average molecular weight is 509 g/mol. The third-order valence-electron chi connectivity index (χ3n) is 4.86. The number of ketones is 1. The van der Waals surface area contributed by atoms with Gasteiger partial charge in [0.15, 0.2) is 9.84 Å². The van der Waals surface area contributed by atoms with Crippen LogP contribution in [0.25, 0.3) is 0 Å². The number of anilines is 1. The zero-order chi connectivity index (χ0) is 24.3. The normalized spacial score (nSPS) is 11.6. The molecule has 0 bridgehead atoms. The van der Waals surface area contributed by atoms with E-state index >= 15 is 0 Å². The molecule has 0 aliphatic rings. The summed E-state index contributed by atoms with van der Waals surface area (Å²) in [6.45, 7) is 4.85. The van der Waals surface area contributed by atoms with Gasteiger partial charge in [0.25, 0.3) is 0 Å². The van der Waals surface area contributed by atoms with Gasteiger partial charge >= 0.3 is 0 Å². The number of Topliss-reactive ketones (excluding diaryl/α,β-unsaturated/α-hetero) is 1. The van der Waals surface area contributed by atoms with Crippen molar-refractivity contribution in [1.82, 2.24) is 15.2 Å². The number of carbonyl (C=O) groups excluding carboxylic acids is 2. The predicted molar refractivity (Wildman–Crippen MR) is 126 cm³/mol. The number of hydrogen-bond acceptors (Lipinski definition) is 6. The molecular weight excluding hydrogens is 487 g/mol. The Hall–Kier alpha value is -2.75. The Morgan fingerprint density at radius 3 is 2.42 bits per heavy atom. The molecule has 0 unspecified atom stereocenters. The molecule has 1 aromatic heterocycles. The molecule has 8 nitrogen and oxygen atoms in total. The van der Waals surface area contributed by atoms with Crippen molar-refractivity contribution < 1.29 is 18.0 Å². The van der Waals surface area contributed by atoms with Gasteiger partial charge in [-0.1, -0.05) is 35.3 Å². The second-order valence-corrected chi connectivity index (χ2v) is 11.0. The number of aryl methyl sites for hydroxylation is 1. The van der Waals surface area contributed by atoms with Crippen molar-refractivity contribution in [2.75, 3.05) is 4.90 Å². The Labute approximate surface area is 201 Å². The summed E-state index contributed by atoms with van der Waals surface area (Å²) in [6, 6.07) is 11.0. The maximum absolute atomic E-state index is 13.2. The van der Waals surface area contributed by atoms with Crippen LogP contribution in [0.15, 0.2) is 47.4 Å². The maximum Gasteiger partial charge on any atom is 0.235 e. The third kappa shape index (κ3) is 5.79. The number of H-pyrrole nitrogens is 1. The Kier molecular flexibility index (Phi) is 7.56. The summed E-state index contributed by atoms with van der Waals surface area (Å²) in [6.07, 6.45) is -0.500. The van der Waals surface area contributed by atoms with E-state index < -0.39 is 33.2 Å². The van der Waals surface area contributed by atoms with Gasteiger partial charge in [-0.15, -0.1) is 0 Å². The Morgan fingerprint density at radius 2 is 1.82 bits per heavy atom. The Morgan fingerprint density at radius 1 is 1.09 bits per heavy atom. The first kappa shape index (κ1) is 24.9. The second kappa shape index (κ2) is 10.0. The molecule has 0 aliphatic heterocycles. The first-order valence-corrected chi connectivity index (χ1v) is 12.3. The fourth-order valence-electron chi connectivity index (χ4n) is 3.02. The molecule has 3 rings (SSSR count). The third-order valence-corrected chi connectivity index (χ3v) is 7.75. The van der Waals surface area contributed by atoms with Crippen molar-refractivity contribution in [3.8, 4) is 0 Å². The lowest BCUT2D eigenvalue weighted by molar-refractivity contribution is -0.117. The maximum atomic E-state index is 13.2. The smallest absolute Gasteiger partial charge is 0.235 e. The van der Waals surface area contributed by atoms with Crippen LogP contribution in [0.5, 0.6) is 0 Å². The van der Waals surface area contributed by atoms with Gasteiger partial charge in [-0.25, -0.2) is 13.4 Å². The van der Waals surface area contributed by atoms with Crippen LogP contribution in [0.1, 0.15) is 42.3 Å². The molecule has 1 heterocycles. The van der Waals surface area contributed by atoms with Crippen LogP contribution < -0.4 is 4.90 Å². The second-order valence-electron chi connectivity index (χ2n) is 7.66. The van der Waals surface area contributed by atoms with Gasteiger partial charge in [0.1, 0.15) is 5.82 Å². The molecule has 0 saturated carbocycles. The SMILES string of the molecule is Cc1nc(C(=O)CC(=O)N(Cc2ccc(Cl)c(Cl)c2)c2cccc(S(=O)(=O)C(C)C)c2)n[nH]1. The molecule has 0 fully saturated rings. The van der Waals surface area contributed by atoms with Gasteiger partial charge in [0, 0.05) is 5.69 Å². The van der Waals surface area contributed by atoms with Crippen LogP contribution in [0, 0.1) is 6.92 Å². The monoisotopic (exact) mass is 508 g/mol. The molecule has 3 aromatic rings. The van der Waals surface area contributed by atoms with Crippen molar-refractivity contribution >= 4 is 50.4 Å². The number of aromatic nitrogens is 3. The molecule has 33 heavy (non-hydrogen) atoms. The van der Waals surface area contributed by atoms with Crippen molar-refractivity contribution in [1.29, 1.82) is 0 Å². The van der Waals surface area contributed by atoms with Crippen LogP contribution >= 0.6 is 23.2 Å². The van der Waals surface area contributed by atoms with Crippen molar-refractivity contribution in [3.63, 3.8) is 0 Å². The molecular formula is C22H22Cl2N4O4S. The molecule has 0 atom stereocenters. The number of nitrogens with zero attached hydrogens (tertiary/aromatic N) is 3. The number of aromatic amines is 1. The van der Waals surface area contributed by atoms with E-state index in [0.717, 1.165) is 0 Å². The van der Waals surface area contributed by atoms with E-state index in [9.17, 15) is 18.0 Å². The minimum absolute atomic E-state index is 0.0429. The highest BCUT2D eigenvalue weighted by Crippen LogP contribution is 2.27. The highest BCUT2D eigenvalue weighted by Gasteiger charge is 2.25. The van der Waals surface area contributed by atoms with Gasteiger partial charge in [-0.2, -0.15) is 5.10 Å². The van der Waals surface area contributed by atoms with E-state index in [1.165, 1.54) is 17.0 Å². The van der Waals surface area contributed by atoms with Crippen LogP contribution in [0.4, 0.5) is 5.69 Å². The standard InChI is InChI=1S/C22H22Cl2N4O4S/c1-13(2)33(31,32)17-6-4-5-16(10-17)28(12-15-7-8-18(23)19(24)9-15)21(30)11-20(29)22-25-14(3)26-27-22/h4-10,13H,11-12H2,1-3H3,(H,25,26,27). The van der Waals surface area contributed by atoms with Crippen LogP contribution in [-0.2, 0) is 21.2 Å². The lowest BCUT2D eigenvalue weighted by Crippen LogP contribution is -2.32. The molecule has 1 amide bonds. The van der Waals surface area contributed by atoms with Crippen molar-refractivity contribution in [2.24, 2.45) is 0 Å². The minimum atomic E-state index is -3.57. The number of halogens is 2. The lowest BCUT2D eigenvalue weighted by Gasteiger charge is -2.24. The molecule has 0 saturated heterocycles. The lowest BCUT2D eigenvalue weighted by atomic mass is 10.1. The Bertz CT molecular complexity index is 1310. The summed E-state index contributed by atoms with van der Waals surface area (Å²) >= 11 is 12.1. The molecule has 0 spiro atoms. The van der Waals surface area contributed by atoms with Crippen LogP contribution in [0.2, 0.25) is 10.0 Å². The fourth-order valence-corrected chi connectivity index (χ4v) is 4.44. The van der Waals surface area contributed by atoms with E-state index in [1.54, 1.807) is 51.1 Å². The van der Waals surface area contributed by atoms with Crippen LogP contribution in [-0.4, -0.2) is 40.5 Å². The number of benzene rings is 2. The van der Waals surface area contributed by atoms with Gasteiger partial charge in [0.05, 0.1) is 33.2 Å². The number of nitrogens with one attached hydrogen (secondary N) is 1. The van der Waals surface area contributed by atoms with Gasteiger partial charge in [-0.3, -0.25) is 14.7 Å². The number of sulfone groups is 1. The Balaban J connectivity index is 1.98. The average Bonchev–Trinajstić information content (AvgIpc) is 3.20. The number of hydrogen-bond donors (Lipinski definition) is 1. The summed E-state index contributed by atoms with van der Waals surface area (Å²) in [7, 11) is -3.57. The zero-order valence-corrected chi connectivity index (χ0v) is 20.5. The topological polar surface area (TPSA) is 113 Å². The highest BCUT2D eigenvalue weighted by molar-refractivity contribution is 7.92. The summed E-state index contributed by atoms with van der Waals surface area (Å²) in [5, 5.41) is 6.41. The van der Waals surface area contributed by atoms with E-state index in [2.05, 4.69) is 15.2 Å². The summed E-state index contributed by atoms with van der Waals surface area (Å²) in [4.78, 5) is 31.1. The first-order chi connectivity index (χ1) is 15.5. The van der Waals surface area contributed by atoms with E-state index in [4.69, 9.17) is 23.2 Å². The number of amides is 1. The van der Waals surface area contributed by atoms with Gasteiger partial charge in [0.2, 0.25) is 17.5 Å². The zero-order valence-electron chi connectivity index (χ0n) is 18.2. The van der Waals surface area contributed by atoms with E-state index in [0.29, 0.717) is 27.1 Å². The fraction of sp³-hybridized carbons (Fsp3) is 0.273. The summed E-state index contributed by atoms with van der Waals surface area (Å²) < 4.78 is 25.3. The highest BCUT2D eigenvalue weighted by atomic mass is 35.5. The molecule has 174 valence electrons. The number of rotatable bonds is 8. The molecule has 0 radical (unpaired) electrons. The first-order valence-electron chi connectivity index (χ1n) is 9.99. The molecule has 0 aliphatic carbocycles. The molecule has 11 heteroatoms. The molecule has 2 aromatic carbocycles.